The fourth-order valence-corrected chi connectivity index (χ4v) is 2.22. The Labute approximate surface area is 121 Å². The van der Waals surface area contributed by atoms with Gasteiger partial charge in [0.05, 0.1) is 5.41 Å². The molecule has 0 saturated carbocycles. The molecule has 0 saturated heterocycles. The summed E-state index contributed by atoms with van der Waals surface area (Å²) in [6.07, 6.45) is 0. The van der Waals surface area contributed by atoms with E-state index in [1.165, 1.54) is 0 Å². The molecule has 0 fully saturated rings. The predicted octanol–water partition coefficient (Wildman–Crippen LogP) is 2.21. The Morgan fingerprint density at radius 3 is 1.85 bits per heavy atom. The van der Waals surface area contributed by atoms with E-state index in [-0.39, 0.29) is 12.6 Å². The van der Waals surface area contributed by atoms with Gasteiger partial charge in [-0.25, -0.2) is 0 Å². The molecule has 0 atom stereocenters. The van der Waals surface area contributed by atoms with Gasteiger partial charge >= 0.3 is 5.97 Å². The van der Waals surface area contributed by atoms with Gasteiger partial charge < -0.3 is 16.2 Å². The van der Waals surface area contributed by atoms with E-state index in [0.717, 1.165) is 5.56 Å². The molecule has 1 rings (SSSR count). The highest BCUT2D eigenvalue weighted by Gasteiger charge is 2.55. The van der Waals surface area contributed by atoms with Crippen LogP contribution in [0, 0.1) is 5.41 Å². The zero-order valence-electron chi connectivity index (χ0n) is 13.1. The summed E-state index contributed by atoms with van der Waals surface area (Å²) in [6.45, 7) is 9.18. The topological polar surface area (TPSA) is 78.3 Å². The summed E-state index contributed by atoms with van der Waals surface area (Å²) in [5.74, 6) is -0.374. The number of carbonyl (C=O) groups is 1. The quantitative estimate of drug-likeness (QED) is 0.809. The minimum atomic E-state index is -0.991. The van der Waals surface area contributed by atoms with Crippen molar-refractivity contribution in [3.05, 3.63) is 35.9 Å². The molecule has 0 aliphatic rings. The molecule has 1 aromatic carbocycles. The van der Waals surface area contributed by atoms with Crippen molar-refractivity contribution in [1.29, 1.82) is 0 Å². The van der Waals surface area contributed by atoms with E-state index in [0.29, 0.717) is 0 Å². The summed E-state index contributed by atoms with van der Waals surface area (Å²) in [5, 5.41) is 0. The van der Waals surface area contributed by atoms with Crippen LogP contribution in [0.4, 0.5) is 0 Å². The normalized spacial score (nSPS) is 13.2. The monoisotopic (exact) mass is 278 g/mol. The van der Waals surface area contributed by atoms with Gasteiger partial charge in [0, 0.05) is 11.1 Å². The SMILES string of the molecule is CC(C)(N)C(C)(C(=O)OCc1ccccc1)C(C)(C)N. The number of carbonyl (C=O) groups excluding carboxylic acids is 1. The van der Waals surface area contributed by atoms with E-state index < -0.39 is 16.5 Å². The van der Waals surface area contributed by atoms with Crippen molar-refractivity contribution in [3.63, 3.8) is 0 Å². The second-order valence-corrected chi connectivity index (χ2v) is 6.63. The van der Waals surface area contributed by atoms with Gasteiger partial charge in [-0.15, -0.1) is 0 Å². The van der Waals surface area contributed by atoms with Gasteiger partial charge in [-0.05, 0) is 40.2 Å². The first-order valence-corrected chi connectivity index (χ1v) is 6.79. The number of rotatable bonds is 5. The molecule has 1 aromatic rings. The van der Waals surface area contributed by atoms with Crippen LogP contribution in [0.25, 0.3) is 0 Å². The largest absolute Gasteiger partial charge is 0.460 e. The number of esters is 1. The molecule has 0 amide bonds. The van der Waals surface area contributed by atoms with Crippen LogP contribution in [0.2, 0.25) is 0 Å². The van der Waals surface area contributed by atoms with Gasteiger partial charge in [0.15, 0.2) is 0 Å². The van der Waals surface area contributed by atoms with Gasteiger partial charge in [0.2, 0.25) is 0 Å². The minimum absolute atomic E-state index is 0.224. The van der Waals surface area contributed by atoms with Crippen LogP contribution in [-0.2, 0) is 16.1 Å². The van der Waals surface area contributed by atoms with Crippen molar-refractivity contribution in [1.82, 2.24) is 0 Å². The van der Waals surface area contributed by atoms with E-state index in [4.69, 9.17) is 16.2 Å². The van der Waals surface area contributed by atoms with Gasteiger partial charge in [0.1, 0.15) is 6.61 Å². The molecule has 112 valence electrons. The molecule has 4 heteroatoms. The maximum absolute atomic E-state index is 12.5. The first-order chi connectivity index (χ1) is 9.00. The molecule has 0 radical (unpaired) electrons. The Morgan fingerprint density at radius 1 is 1.00 bits per heavy atom. The third-order valence-electron chi connectivity index (χ3n) is 4.20. The Morgan fingerprint density at radius 2 is 1.45 bits per heavy atom. The molecule has 0 aliphatic heterocycles. The Balaban J connectivity index is 2.92. The average molecular weight is 278 g/mol. The Kier molecular flexibility index (Phi) is 4.62. The molecule has 0 aliphatic carbocycles. The van der Waals surface area contributed by atoms with Crippen LogP contribution in [0.1, 0.15) is 40.2 Å². The van der Waals surface area contributed by atoms with Crippen LogP contribution in [0.15, 0.2) is 30.3 Å². The summed E-state index contributed by atoms with van der Waals surface area (Å²) in [4.78, 5) is 12.5. The molecule has 4 N–H and O–H groups in total. The highest BCUT2D eigenvalue weighted by atomic mass is 16.5. The van der Waals surface area contributed by atoms with E-state index in [1.807, 2.05) is 30.3 Å². The third kappa shape index (κ3) is 3.19. The van der Waals surface area contributed by atoms with Crippen LogP contribution < -0.4 is 11.5 Å². The number of hydrogen-bond donors (Lipinski definition) is 2. The molecule has 0 spiro atoms. The first-order valence-electron chi connectivity index (χ1n) is 6.79. The van der Waals surface area contributed by atoms with Gasteiger partial charge in [-0.2, -0.15) is 0 Å². The van der Waals surface area contributed by atoms with Crippen LogP contribution in [0.3, 0.4) is 0 Å². The fourth-order valence-electron chi connectivity index (χ4n) is 2.22. The van der Waals surface area contributed by atoms with Gasteiger partial charge in [-0.1, -0.05) is 30.3 Å². The molecule has 0 unspecified atom stereocenters. The Bertz CT molecular complexity index is 442. The van der Waals surface area contributed by atoms with E-state index >= 15 is 0 Å². The second kappa shape index (κ2) is 5.54. The van der Waals surface area contributed by atoms with Crippen LogP contribution >= 0.6 is 0 Å². The summed E-state index contributed by atoms with van der Waals surface area (Å²) < 4.78 is 5.45. The van der Waals surface area contributed by atoms with Crippen LogP contribution in [-0.4, -0.2) is 17.0 Å². The van der Waals surface area contributed by atoms with Gasteiger partial charge in [-0.3, -0.25) is 4.79 Å². The smallest absolute Gasteiger partial charge is 0.315 e. The minimum Gasteiger partial charge on any atom is -0.460 e. The van der Waals surface area contributed by atoms with E-state index in [1.54, 1.807) is 34.6 Å². The summed E-state index contributed by atoms with van der Waals surface area (Å²) in [6, 6.07) is 9.54. The lowest BCUT2D eigenvalue weighted by Crippen LogP contribution is -2.67. The predicted molar refractivity (Wildman–Crippen MR) is 80.9 cm³/mol. The summed E-state index contributed by atoms with van der Waals surface area (Å²) >= 11 is 0. The molecular formula is C16H26N2O2. The highest BCUT2D eigenvalue weighted by molar-refractivity contribution is 5.80. The van der Waals surface area contributed by atoms with E-state index in [9.17, 15) is 4.79 Å². The molecule has 20 heavy (non-hydrogen) atoms. The summed E-state index contributed by atoms with van der Waals surface area (Å²) in [5.41, 5.74) is 10.7. The lowest BCUT2D eigenvalue weighted by molar-refractivity contribution is -0.164. The maximum atomic E-state index is 12.5. The lowest BCUT2D eigenvalue weighted by atomic mass is 9.62. The average Bonchev–Trinajstić information content (AvgIpc) is 2.33. The third-order valence-corrected chi connectivity index (χ3v) is 4.20. The molecule has 4 nitrogen and oxygen atoms in total. The number of benzene rings is 1. The maximum Gasteiger partial charge on any atom is 0.315 e. The zero-order valence-corrected chi connectivity index (χ0v) is 13.1. The molecule has 0 heterocycles. The van der Waals surface area contributed by atoms with Crippen LogP contribution in [0.5, 0.6) is 0 Å². The first kappa shape index (κ1) is 16.7. The summed E-state index contributed by atoms with van der Waals surface area (Å²) in [7, 11) is 0. The lowest BCUT2D eigenvalue weighted by Gasteiger charge is -2.48. The van der Waals surface area contributed by atoms with Crippen molar-refractivity contribution in [2.75, 3.05) is 0 Å². The van der Waals surface area contributed by atoms with Crippen molar-refractivity contribution in [2.24, 2.45) is 16.9 Å². The molecule has 0 aromatic heterocycles. The molecule has 0 bridgehead atoms. The highest BCUT2D eigenvalue weighted by Crippen LogP contribution is 2.39. The van der Waals surface area contributed by atoms with Gasteiger partial charge in [0.25, 0.3) is 0 Å². The van der Waals surface area contributed by atoms with Crippen molar-refractivity contribution in [2.45, 2.75) is 52.3 Å². The second-order valence-electron chi connectivity index (χ2n) is 6.63. The number of nitrogens with two attached hydrogens (primary N) is 2. The Hall–Kier alpha value is -1.39. The van der Waals surface area contributed by atoms with E-state index in [2.05, 4.69) is 0 Å². The standard InChI is InChI=1S/C16H26N2O2/c1-14(2,17)16(5,15(3,4)18)13(19)20-11-12-9-7-6-8-10-12/h6-10H,11,17-18H2,1-5H3. The van der Waals surface area contributed by atoms with Crippen molar-refractivity contribution in [3.8, 4) is 0 Å². The number of ether oxygens (including phenoxy) is 1. The zero-order chi connectivity index (χ0) is 15.6. The fraction of sp³-hybridized carbons (Fsp3) is 0.562. The molecular weight excluding hydrogens is 252 g/mol. The van der Waals surface area contributed by atoms with Crippen molar-refractivity contribution >= 4 is 5.97 Å². The van der Waals surface area contributed by atoms with Crippen molar-refractivity contribution < 1.29 is 9.53 Å². The number of hydrogen-bond acceptors (Lipinski definition) is 4.